The molecule has 0 aliphatic rings. The number of alkyl halides is 9. The third kappa shape index (κ3) is 3.48. The van der Waals surface area contributed by atoms with Gasteiger partial charge in [-0.25, -0.2) is 0 Å². The van der Waals surface area contributed by atoms with Crippen LogP contribution < -0.4 is 3.61 Å². The fourth-order valence-electron chi connectivity index (χ4n) is 1.51. The molecule has 127 valence electrons. The molecular weight excluding hydrogens is 443 g/mol. The predicted molar refractivity (Wildman–Crippen MR) is 63.4 cm³/mol. The van der Waals surface area contributed by atoms with Crippen molar-refractivity contribution in [3.8, 4) is 0 Å². The van der Waals surface area contributed by atoms with E-state index in [1.807, 2.05) is 0 Å². The number of hydrogen-bond donors (Lipinski definition) is 0. The molecule has 0 nitrogen and oxygen atoms in total. The van der Waals surface area contributed by atoms with Crippen molar-refractivity contribution in [3.63, 3.8) is 0 Å². The summed E-state index contributed by atoms with van der Waals surface area (Å²) in [5.41, 5.74) is 0. The zero-order valence-corrected chi connectivity index (χ0v) is 13.2. The second kappa shape index (κ2) is 6.11. The predicted octanol–water partition coefficient (Wildman–Crippen LogP) is 4.49. The molecule has 10 heteroatoms. The van der Waals surface area contributed by atoms with E-state index >= 15 is 0 Å². The number of rotatable bonds is 5. The van der Waals surface area contributed by atoms with Crippen LogP contribution in [0.4, 0.5) is 39.5 Å². The second-order valence-corrected chi connectivity index (χ2v) is 10.3. The molecular formula is C12H10F9Te. The fourth-order valence-corrected chi connectivity index (χ4v) is 5.83. The third-order valence-electron chi connectivity index (χ3n) is 2.75. The van der Waals surface area contributed by atoms with Crippen LogP contribution in [0.25, 0.3) is 0 Å². The number of hydrogen-bond acceptors (Lipinski definition) is 0. The first-order valence-corrected chi connectivity index (χ1v) is 10.8. The van der Waals surface area contributed by atoms with Crippen LogP contribution >= 0.6 is 0 Å². The van der Waals surface area contributed by atoms with Gasteiger partial charge in [-0.2, -0.15) is 0 Å². The minimum atomic E-state index is -6.81. The van der Waals surface area contributed by atoms with Crippen molar-refractivity contribution in [1.82, 2.24) is 0 Å². The number of halogens is 9. The fraction of sp³-hybridized carbons (Fsp3) is 0.500. The SMILES string of the molecule is C[Te](CC(F)(F)C(F)(F)C(F)(F)C(F)(F)F)c1ccccc1. The molecule has 0 N–H and O–H groups in total. The van der Waals surface area contributed by atoms with Crippen LogP contribution in [0.2, 0.25) is 9.44 Å². The Morgan fingerprint density at radius 2 is 1.23 bits per heavy atom. The van der Waals surface area contributed by atoms with Gasteiger partial charge in [-0.3, -0.25) is 0 Å². The summed E-state index contributed by atoms with van der Waals surface area (Å²) in [6.07, 6.45) is -6.76. The van der Waals surface area contributed by atoms with Gasteiger partial charge in [0.1, 0.15) is 0 Å². The van der Waals surface area contributed by atoms with Gasteiger partial charge < -0.3 is 0 Å². The van der Waals surface area contributed by atoms with E-state index in [0.717, 1.165) is 0 Å². The molecule has 1 aromatic rings. The molecule has 0 saturated heterocycles. The molecule has 0 spiro atoms. The van der Waals surface area contributed by atoms with Gasteiger partial charge in [-0.05, 0) is 0 Å². The topological polar surface area (TPSA) is 0 Å². The summed E-state index contributed by atoms with van der Waals surface area (Å²) in [6.45, 7) is 0. The molecule has 0 fully saturated rings. The summed E-state index contributed by atoms with van der Waals surface area (Å²) in [5.74, 6) is -18.8. The molecule has 0 aromatic heterocycles. The molecule has 0 heterocycles. The van der Waals surface area contributed by atoms with E-state index in [2.05, 4.69) is 0 Å². The number of benzene rings is 1. The van der Waals surface area contributed by atoms with Gasteiger partial charge in [-0.15, -0.1) is 0 Å². The van der Waals surface area contributed by atoms with Gasteiger partial charge in [-0.1, -0.05) is 0 Å². The summed E-state index contributed by atoms with van der Waals surface area (Å²) >= 11 is -3.18. The van der Waals surface area contributed by atoms with Crippen molar-refractivity contribution in [2.45, 2.75) is 33.4 Å². The Morgan fingerprint density at radius 1 is 0.773 bits per heavy atom. The molecule has 0 saturated carbocycles. The molecule has 1 rings (SSSR count). The molecule has 0 aliphatic heterocycles. The average molecular weight is 453 g/mol. The third-order valence-corrected chi connectivity index (χ3v) is 8.10. The molecule has 22 heavy (non-hydrogen) atoms. The van der Waals surface area contributed by atoms with E-state index in [1.165, 1.54) is 35.3 Å². The summed E-state index contributed by atoms with van der Waals surface area (Å²) in [7, 11) is 0. The van der Waals surface area contributed by atoms with E-state index in [4.69, 9.17) is 0 Å². The van der Waals surface area contributed by atoms with Crippen molar-refractivity contribution in [3.05, 3.63) is 30.3 Å². The van der Waals surface area contributed by atoms with Crippen LogP contribution in [-0.4, -0.2) is 43.5 Å². The van der Waals surface area contributed by atoms with Crippen LogP contribution in [-0.2, 0) is 0 Å². The zero-order valence-electron chi connectivity index (χ0n) is 10.9. The summed E-state index contributed by atoms with van der Waals surface area (Å²) in [5, 5.41) is 0. The van der Waals surface area contributed by atoms with Crippen LogP contribution in [0.1, 0.15) is 0 Å². The van der Waals surface area contributed by atoms with Crippen LogP contribution in [0.5, 0.6) is 0 Å². The Hall–Kier alpha value is -0.620. The first-order valence-electron chi connectivity index (χ1n) is 5.62. The van der Waals surface area contributed by atoms with Crippen molar-refractivity contribution < 1.29 is 39.5 Å². The quantitative estimate of drug-likeness (QED) is 0.456. The molecule has 1 radical (unpaired) electrons. The van der Waals surface area contributed by atoms with Crippen LogP contribution in [0, 0.1) is 0 Å². The summed E-state index contributed by atoms with van der Waals surface area (Å²) in [6, 6.07) is 7.11. The monoisotopic (exact) mass is 455 g/mol. The van der Waals surface area contributed by atoms with Gasteiger partial charge in [0.2, 0.25) is 0 Å². The van der Waals surface area contributed by atoms with Gasteiger partial charge >= 0.3 is 126 Å². The van der Waals surface area contributed by atoms with E-state index in [-0.39, 0.29) is 3.61 Å². The second-order valence-electron chi connectivity index (χ2n) is 4.45. The zero-order chi connectivity index (χ0) is 17.4. The van der Waals surface area contributed by atoms with Gasteiger partial charge in [0, 0.05) is 0 Å². The van der Waals surface area contributed by atoms with Crippen molar-refractivity contribution in [1.29, 1.82) is 0 Å². The van der Waals surface area contributed by atoms with Crippen molar-refractivity contribution >= 4 is 23.2 Å². The van der Waals surface area contributed by atoms with Crippen molar-refractivity contribution in [2.24, 2.45) is 0 Å². The van der Waals surface area contributed by atoms with Crippen LogP contribution in [0.15, 0.2) is 30.3 Å². The molecule has 0 bridgehead atoms. The Balaban J connectivity index is 3.07. The maximum atomic E-state index is 13.5. The van der Waals surface area contributed by atoms with E-state index < -0.39 is 48.0 Å². The van der Waals surface area contributed by atoms with Crippen LogP contribution in [0.3, 0.4) is 0 Å². The first-order chi connectivity index (χ1) is 9.74. The first kappa shape index (κ1) is 19.4. The molecule has 0 atom stereocenters. The Kier molecular flexibility index (Phi) is 5.40. The van der Waals surface area contributed by atoms with E-state index in [1.54, 1.807) is 0 Å². The van der Waals surface area contributed by atoms with Gasteiger partial charge in [0.05, 0.1) is 0 Å². The molecule has 0 amide bonds. The Morgan fingerprint density at radius 3 is 1.64 bits per heavy atom. The minimum absolute atomic E-state index is 0.289. The average Bonchev–Trinajstić information content (AvgIpc) is 2.37. The molecule has 1 aromatic carbocycles. The summed E-state index contributed by atoms with van der Waals surface area (Å²) < 4.78 is 113. The standard InChI is InChI=1S/C12H10F9Te/c1-22(8-5-3-2-4-6-8)7-9(13,14)10(15,16)11(17,18)12(19,20)21/h2-6H,7H2,1H3. The Bertz CT molecular complexity index is 495. The van der Waals surface area contributed by atoms with E-state index in [9.17, 15) is 39.5 Å². The normalized spacial score (nSPS) is 14.5. The van der Waals surface area contributed by atoms with Crippen molar-refractivity contribution in [2.75, 3.05) is 0 Å². The molecule has 0 unspecified atom stereocenters. The molecule has 0 aliphatic carbocycles. The Labute approximate surface area is 126 Å². The van der Waals surface area contributed by atoms with Gasteiger partial charge in [0.15, 0.2) is 0 Å². The van der Waals surface area contributed by atoms with E-state index in [0.29, 0.717) is 0 Å². The van der Waals surface area contributed by atoms with Gasteiger partial charge in [0.25, 0.3) is 0 Å². The maximum absolute atomic E-state index is 13.5. The summed E-state index contributed by atoms with van der Waals surface area (Å²) in [4.78, 5) is 1.20.